The summed E-state index contributed by atoms with van der Waals surface area (Å²) in [5.74, 6) is -2.68. The summed E-state index contributed by atoms with van der Waals surface area (Å²) in [5.41, 5.74) is 0.900. The number of aryl methyl sites for hydroxylation is 1. The van der Waals surface area contributed by atoms with E-state index in [1.807, 2.05) is 6.92 Å². The summed E-state index contributed by atoms with van der Waals surface area (Å²) >= 11 is 11.9. The lowest BCUT2D eigenvalue weighted by Crippen LogP contribution is -2.48. The Balaban J connectivity index is 1.61. The van der Waals surface area contributed by atoms with Crippen molar-refractivity contribution >= 4 is 46.8 Å². The third-order valence-electron chi connectivity index (χ3n) is 5.43. The van der Waals surface area contributed by atoms with Gasteiger partial charge in [0.25, 0.3) is 0 Å². The van der Waals surface area contributed by atoms with Gasteiger partial charge in [-0.1, -0.05) is 29.3 Å². The first-order valence-electron chi connectivity index (χ1n) is 10.9. The summed E-state index contributed by atoms with van der Waals surface area (Å²) < 4.78 is 47.9. The number of hydrogen-bond donors (Lipinski definition) is 3. The molecule has 1 aliphatic rings. The highest BCUT2D eigenvalue weighted by molar-refractivity contribution is 6.42. The van der Waals surface area contributed by atoms with Crippen molar-refractivity contribution in [2.45, 2.75) is 57.2 Å². The van der Waals surface area contributed by atoms with Crippen molar-refractivity contribution in [2.24, 2.45) is 0 Å². The Bertz CT molecular complexity index is 1100. The summed E-state index contributed by atoms with van der Waals surface area (Å²) in [7, 11) is 1.76. The minimum absolute atomic E-state index is 0.0333. The van der Waals surface area contributed by atoms with Gasteiger partial charge in [-0.25, -0.2) is 9.78 Å². The number of hydrogen-bond acceptors (Lipinski definition) is 8. The van der Waals surface area contributed by atoms with Crippen LogP contribution in [0.4, 0.5) is 24.9 Å². The Kier molecular flexibility index (Phi) is 9.07. The van der Waals surface area contributed by atoms with Gasteiger partial charge in [0.05, 0.1) is 5.02 Å². The maximum absolute atomic E-state index is 12.8. The van der Waals surface area contributed by atoms with Crippen LogP contribution in [0.25, 0.3) is 0 Å². The first-order valence-corrected chi connectivity index (χ1v) is 11.7. The number of nitrogens with one attached hydrogen (secondary N) is 3. The zero-order valence-electron chi connectivity index (χ0n) is 19.3. The number of aromatic nitrogens is 2. The van der Waals surface area contributed by atoms with Crippen molar-refractivity contribution in [1.29, 1.82) is 0 Å². The molecule has 3 rings (SSSR count). The molecule has 1 saturated carbocycles. The highest BCUT2D eigenvalue weighted by atomic mass is 35.5. The number of anilines is 2. The Morgan fingerprint density at radius 1 is 1.14 bits per heavy atom. The number of alkyl halides is 3. The average molecular weight is 550 g/mol. The van der Waals surface area contributed by atoms with E-state index in [4.69, 9.17) is 27.9 Å². The van der Waals surface area contributed by atoms with Crippen LogP contribution in [-0.4, -0.2) is 53.4 Å². The van der Waals surface area contributed by atoms with Crippen molar-refractivity contribution in [3.8, 4) is 5.75 Å². The topological polar surface area (TPSA) is 114 Å². The van der Waals surface area contributed by atoms with Gasteiger partial charge in [0.15, 0.2) is 0 Å². The van der Waals surface area contributed by atoms with Crippen LogP contribution in [-0.2, 0) is 14.3 Å². The molecule has 14 heteroatoms. The molecule has 1 fully saturated rings. The van der Waals surface area contributed by atoms with Crippen LogP contribution in [0.5, 0.6) is 5.75 Å². The second-order valence-corrected chi connectivity index (χ2v) is 8.87. The molecule has 0 spiro atoms. The molecule has 196 valence electrons. The maximum Gasteiger partial charge on any atom is 0.491 e. The van der Waals surface area contributed by atoms with E-state index in [-0.39, 0.29) is 27.9 Å². The van der Waals surface area contributed by atoms with Crippen LogP contribution in [0.1, 0.15) is 31.2 Å². The predicted octanol–water partition coefficient (Wildman–Crippen LogP) is 4.48. The standard InChI is InChI=1S/C22H24Cl2F3N5O4/c1-11-10-29-21(32-17(11)28-2)31-13-8-6-12(7-9-13)30-18(33)19(36-20(34)22(25,26)27)35-15-5-3-4-14(23)16(15)24/h3-5,10,12-13,19H,6-9H2,1-2H3,(H,30,33)(H2,28,29,31,32). The van der Waals surface area contributed by atoms with Crippen LogP contribution < -0.4 is 20.7 Å². The molecule has 2 aromatic rings. The quantitative estimate of drug-likeness (QED) is 0.326. The number of carbonyl (C=O) groups is 2. The Morgan fingerprint density at radius 2 is 1.81 bits per heavy atom. The third-order valence-corrected chi connectivity index (χ3v) is 6.23. The molecule has 0 radical (unpaired) electrons. The van der Waals surface area contributed by atoms with Gasteiger partial charge < -0.3 is 25.4 Å². The lowest BCUT2D eigenvalue weighted by atomic mass is 9.91. The normalized spacial score (nSPS) is 18.6. The lowest BCUT2D eigenvalue weighted by Gasteiger charge is -2.30. The second-order valence-electron chi connectivity index (χ2n) is 8.08. The van der Waals surface area contributed by atoms with Gasteiger partial charge in [-0.3, -0.25) is 4.79 Å². The van der Waals surface area contributed by atoms with Gasteiger partial charge in [-0.15, -0.1) is 0 Å². The first-order chi connectivity index (χ1) is 17.0. The molecule has 36 heavy (non-hydrogen) atoms. The monoisotopic (exact) mass is 549 g/mol. The number of halogens is 5. The molecule has 1 aromatic carbocycles. The van der Waals surface area contributed by atoms with Gasteiger partial charge >= 0.3 is 24.3 Å². The Labute approximate surface area is 215 Å². The van der Waals surface area contributed by atoms with Crippen molar-refractivity contribution in [3.05, 3.63) is 40.0 Å². The molecule has 0 bridgehead atoms. The summed E-state index contributed by atoms with van der Waals surface area (Å²) in [6, 6.07) is 3.76. The number of esters is 1. The predicted molar refractivity (Wildman–Crippen MR) is 127 cm³/mol. The molecule has 1 heterocycles. The molecule has 9 nitrogen and oxygen atoms in total. The highest BCUT2D eigenvalue weighted by Crippen LogP contribution is 2.33. The van der Waals surface area contributed by atoms with E-state index in [2.05, 4.69) is 30.7 Å². The SMILES string of the molecule is CNc1nc(NC2CCC(NC(=O)C(OC(=O)C(F)(F)F)Oc3cccc(Cl)c3Cl)CC2)ncc1C. The molecule has 1 aliphatic carbocycles. The smallest absolute Gasteiger partial charge is 0.445 e. The van der Waals surface area contributed by atoms with Crippen LogP contribution in [0, 0.1) is 6.92 Å². The molecule has 1 unspecified atom stereocenters. The summed E-state index contributed by atoms with van der Waals surface area (Å²) in [6.07, 6.45) is -3.59. The third kappa shape index (κ3) is 7.26. The van der Waals surface area contributed by atoms with Crippen LogP contribution >= 0.6 is 23.2 Å². The van der Waals surface area contributed by atoms with E-state index in [1.165, 1.54) is 18.2 Å². The number of ether oxygens (including phenoxy) is 2. The fourth-order valence-corrected chi connectivity index (χ4v) is 3.92. The summed E-state index contributed by atoms with van der Waals surface area (Å²) in [5, 5.41) is 8.71. The average Bonchev–Trinajstić information content (AvgIpc) is 2.83. The molecule has 0 aliphatic heterocycles. The number of amides is 1. The molecule has 1 atom stereocenters. The van der Waals surface area contributed by atoms with E-state index in [9.17, 15) is 22.8 Å². The van der Waals surface area contributed by atoms with Gasteiger partial charge in [0, 0.05) is 30.9 Å². The van der Waals surface area contributed by atoms with Crippen molar-refractivity contribution in [2.75, 3.05) is 17.7 Å². The van der Waals surface area contributed by atoms with Crippen LogP contribution in [0.2, 0.25) is 10.0 Å². The number of rotatable bonds is 8. The number of benzene rings is 1. The van der Waals surface area contributed by atoms with E-state index < -0.39 is 24.3 Å². The lowest BCUT2D eigenvalue weighted by molar-refractivity contribution is -0.216. The maximum atomic E-state index is 12.8. The second kappa shape index (κ2) is 11.8. The van der Waals surface area contributed by atoms with Crippen LogP contribution in [0.3, 0.4) is 0 Å². The van der Waals surface area contributed by atoms with Crippen molar-refractivity contribution < 1.29 is 32.2 Å². The number of nitrogens with zero attached hydrogens (tertiary/aromatic N) is 2. The summed E-state index contributed by atoms with van der Waals surface area (Å²) in [6.45, 7) is 1.88. The minimum Gasteiger partial charge on any atom is -0.445 e. The zero-order chi connectivity index (χ0) is 26.5. The summed E-state index contributed by atoms with van der Waals surface area (Å²) in [4.78, 5) is 32.8. The molecule has 0 saturated heterocycles. The Morgan fingerprint density at radius 3 is 2.44 bits per heavy atom. The van der Waals surface area contributed by atoms with E-state index in [1.54, 1.807) is 13.2 Å². The van der Waals surface area contributed by atoms with E-state index in [0.29, 0.717) is 37.4 Å². The Hall–Kier alpha value is -2.99. The van der Waals surface area contributed by atoms with Gasteiger partial charge in [0.2, 0.25) is 5.95 Å². The molecule has 1 aromatic heterocycles. The molecular weight excluding hydrogens is 526 g/mol. The minimum atomic E-state index is -5.32. The van der Waals surface area contributed by atoms with Crippen molar-refractivity contribution in [1.82, 2.24) is 15.3 Å². The zero-order valence-corrected chi connectivity index (χ0v) is 20.8. The highest BCUT2D eigenvalue weighted by Gasteiger charge is 2.44. The van der Waals surface area contributed by atoms with Gasteiger partial charge in [-0.2, -0.15) is 18.2 Å². The van der Waals surface area contributed by atoms with E-state index in [0.717, 1.165) is 5.56 Å². The van der Waals surface area contributed by atoms with Gasteiger partial charge in [0.1, 0.15) is 16.6 Å². The van der Waals surface area contributed by atoms with E-state index >= 15 is 0 Å². The molecular formula is C22H24Cl2F3N5O4. The first kappa shape index (κ1) is 27.6. The largest absolute Gasteiger partial charge is 0.491 e. The number of carbonyl (C=O) groups excluding carboxylic acids is 2. The van der Waals surface area contributed by atoms with Gasteiger partial charge in [-0.05, 0) is 44.7 Å². The van der Waals surface area contributed by atoms with Crippen molar-refractivity contribution in [3.63, 3.8) is 0 Å². The molecule has 1 amide bonds. The molecule has 3 N–H and O–H groups in total. The van der Waals surface area contributed by atoms with Crippen LogP contribution in [0.15, 0.2) is 24.4 Å². The fraction of sp³-hybridized carbons (Fsp3) is 0.455. The fourth-order valence-electron chi connectivity index (χ4n) is 3.58.